The van der Waals surface area contributed by atoms with Crippen molar-refractivity contribution in [2.24, 2.45) is 12.8 Å². The minimum atomic E-state index is 0.0538. The van der Waals surface area contributed by atoms with Gasteiger partial charge in [0.05, 0.1) is 0 Å². The van der Waals surface area contributed by atoms with Crippen LogP contribution in [-0.2, 0) is 26.4 Å². The molecule has 0 saturated heterocycles. The Labute approximate surface area is 89.1 Å². The van der Waals surface area contributed by atoms with Gasteiger partial charge in [-0.1, -0.05) is 0 Å². The fourth-order valence-corrected chi connectivity index (χ4v) is 2.15. The quantitative estimate of drug-likeness (QED) is 0.654. The molecule has 0 unspecified atom stereocenters. The Morgan fingerprint density at radius 3 is 2.93 bits per heavy atom. The van der Waals surface area contributed by atoms with E-state index in [1.165, 1.54) is 5.56 Å². The third kappa shape index (κ3) is 1.82. The fraction of sp³-hybridized carbons (Fsp3) is 0.545. The van der Waals surface area contributed by atoms with Crippen LogP contribution in [0.15, 0.2) is 10.9 Å². The molecular formula is C11H17N3O. The summed E-state index contributed by atoms with van der Waals surface area (Å²) in [4.78, 5) is 11.8. The molecule has 82 valence electrons. The van der Waals surface area contributed by atoms with Crippen molar-refractivity contribution < 1.29 is 0 Å². The maximum absolute atomic E-state index is 11.8. The molecule has 0 amide bonds. The highest BCUT2D eigenvalue weighted by Crippen LogP contribution is 2.11. The second-order valence-electron chi connectivity index (χ2n) is 3.96. The summed E-state index contributed by atoms with van der Waals surface area (Å²) < 4.78 is 1.75. The Kier molecular flexibility index (Phi) is 2.88. The molecule has 0 atom stereocenters. The number of aromatic nitrogens is 1. The zero-order valence-corrected chi connectivity index (χ0v) is 9.05. The van der Waals surface area contributed by atoms with Gasteiger partial charge in [-0.2, -0.15) is 0 Å². The van der Waals surface area contributed by atoms with Gasteiger partial charge in [-0.25, -0.2) is 0 Å². The van der Waals surface area contributed by atoms with Gasteiger partial charge in [0.25, 0.3) is 5.56 Å². The molecule has 2 heterocycles. The van der Waals surface area contributed by atoms with Crippen molar-refractivity contribution in [3.63, 3.8) is 0 Å². The molecule has 1 aromatic heterocycles. The predicted molar refractivity (Wildman–Crippen MR) is 59.9 cm³/mol. The lowest BCUT2D eigenvalue weighted by atomic mass is 10.1. The van der Waals surface area contributed by atoms with E-state index in [1.807, 2.05) is 13.1 Å². The molecule has 2 rings (SSSR count). The van der Waals surface area contributed by atoms with E-state index in [2.05, 4.69) is 5.32 Å². The first-order valence-electron chi connectivity index (χ1n) is 5.35. The third-order valence-electron chi connectivity index (χ3n) is 3.03. The van der Waals surface area contributed by atoms with Gasteiger partial charge in [0, 0.05) is 37.8 Å². The van der Waals surface area contributed by atoms with E-state index < -0.39 is 0 Å². The van der Waals surface area contributed by atoms with Crippen LogP contribution in [0.4, 0.5) is 0 Å². The Bertz CT molecular complexity index is 423. The number of hydrogen-bond donors (Lipinski definition) is 2. The molecule has 3 N–H and O–H groups in total. The molecule has 1 aliphatic heterocycles. The van der Waals surface area contributed by atoms with Gasteiger partial charge in [-0.3, -0.25) is 4.79 Å². The molecule has 15 heavy (non-hydrogen) atoms. The second-order valence-corrected chi connectivity index (χ2v) is 3.96. The van der Waals surface area contributed by atoms with Gasteiger partial charge in [0.1, 0.15) is 0 Å². The highest BCUT2D eigenvalue weighted by atomic mass is 16.1. The van der Waals surface area contributed by atoms with E-state index in [4.69, 9.17) is 5.73 Å². The number of pyridine rings is 1. The highest BCUT2D eigenvalue weighted by Gasteiger charge is 2.13. The minimum absolute atomic E-state index is 0.0538. The van der Waals surface area contributed by atoms with E-state index in [1.54, 1.807) is 4.57 Å². The number of fused-ring (bicyclic) bond motifs is 1. The van der Waals surface area contributed by atoms with Crippen LogP contribution >= 0.6 is 0 Å². The summed E-state index contributed by atoms with van der Waals surface area (Å²) in [6, 6.07) is 1.98. The smallest absolute Gasteiger partial charge is 0.254 e. The lowest BCUT2D eigenvalue weighted by Crippen LogP contribution is -2.27. The Morgan fingerprint density at radius 2 is 2.20 bits per heavy atom. The van der Waals surface area contributed by atoms with Gasteiger partial charge < -0.3 is 15.6 Å². The number of nitrogens with one attached hydrogen (secondary N) is 1. The molecule has 0 aromatic carbocycles. The highest BCUT2D eigenvalue weighted by molar-refractivity contribution is 5.28. The largest absolute Gasteiger partial charge is 0.326 e. The first-order valence-corrected chi connectivity index (χ1v) is 5.35. The van der Waals surface area contributed by atoms with Crippen LogP contribution in [-0.4, -0.2) is 17.7 Å². The fourth-order valence-electron chi connectivity index (χ4n) is 2.15. The summed E-state index contributed by atoms with van der Waals surface area (Å²) in [7, 11) is 1.84. The number of nitrogens with two attached hydrogens (primary N) is 1. The Balaban J connectivity index is 2.58. The van der Waals surface area contributed by atoms with Crippen molar-refractivity contribution >= 4 is 0 Å². The van der Waals surface area contributed by atoms with Crippen molar-refractivity contribution in [2.45, 2.75) is 19.4 Å². The van der Waals surface area contributed by atoms with Crippen LogP contribution in [0.1, 0.15) is 16.8 Å². The van der Waals surface area contributed by atoms with Crippen molar-refractivity contribution in [3.05, 3.63) is 33.2 Å². The maximum atomic E-state index is 11.8. The van der Waals surface area contributed by atoms with Gasteiger partial charge in [0.2, 0.25) is 0 Å². The molecule has 0 saturated carbocycles. The van der Waals surface area contributed by atoms with Crippen LogP contribution in [0, 0.1) is 0 Å². The summed E-state index contributed by atoms with van der Waals surface area (Å²) in [5.41, 5.74) is 8.76. The summed E-state index contributed by atoms with van der Waals surface area (Å²) >= 11 is 0. The molecule has 0 radical (unpaired) electrons. The van der Waals surface area contributed by atoms with E-state index in [9.17, 15) is 4.79 Å². The van der Waals surface area contributed by atoms with Crippen molar-refractivity contribution in [1.82, 2.24) is 9.88 Å². The summed E-state index contributed by atoms with van der Waals surface area (Å²) in [5.74, 6) is 0. The minimum Gasteiger partial charge on any atom is -0.326 e. The number of nitrogens with zero attached hydrogens (tertiary/aromatic N) is 1. The molecule has 0 fully saturated rings. The van der Waals surface area contributed by atoms with E-state index in [0.29, 0.717) is 6.54 Å². The predicted octanol–water partition coefficient (Wildman–Crippen LogP) is -0.468. The molecule has 0 aliphatic carbocycles. The van der Waals surface area contributed by atoms with Crippen LogP contribution in [0.2, 0.25) is 0 Å². The molecule has 4 heteroatoms. The zero-order chi connectivity index (χ0) is 10.8. The summed E-state index contributed by atoms with van der Waals surface area (Å²) in [6.45, 7) is 2.25. The molecule has 1 aliphatic rings. The van der Waals surface area contributed by atoms with E-state index in [0.717, 1.165) is 37.2 Å². The standard InChI is InChI=1S/C11H17N3O/c1-14-10-3-5-13-4-2-8(10)6-9(7-12)11(14)15/h6,13H,2-5,7,12H2,1H3. The molecule has 1 aromatic rings. The molecular weight excluding hydrogens is 190 g/mol. The summed E-state index contributed by atoms with van der Waals surface area (Å²) in [6.07, 6.45) is 1.91. The SMILES string of the molecule is Cn1c2c(cc(CN)c1=O)CCNCC2. The first kappa shape index (κ1) is 10.4. The van der Waals surface area contributed by atoms with Crippen LogP contribution in [0.5, 0.6) is 0 Å². The normalized spacial score (nSPS) is 15.9. The second kappa shape index (κ2) is 4.16. The third-order valence-corrected chi connectivity index (χ3v) is 3.03. The lowest BCUT2D eigenvalue weighted by Gasteiger charge is -2.12. The Hall–Kier alpha value is -1.13. The van der Waals surface area contributed by atoms with Crippen LogP contribution in [0.25, 0.3) is 0 Å². The first-order chi connectivity index (χ1) is 7.24. The van der Waals surface area contributed by atoms with Crippen LogP contribution < -0.4 is 16.6 Å². The maximum Gasteiger partial charge on any atom is 0.254 e. The number of hydrogen-bond acceptors (Lipinski definition) is 3. The van der Waals surface area contributed by atoms with Gasteiger partial charge in [-0.15, -0.1) is 0 Å². The molecule has 0 spiro atoms. The topological polar surface area (TPSA) is 60.0 Å². The van der Waals surface area contributed by atoms with Gasteiger partial charge >= 0.3 is 0 Å². The van der Waals surface area contributed by atoms with E-state index >= 15 is 0 Å². The van der Waals surface area contributed by atoms with Crippen LogP contribution in [0.3, 0.4) is 0 Å². The van der Waals surface area contributed by atoms with Crippen molar-refractivity contribution in [3.8, 4) is 0 Å². The lowest BCUT2D eigenvalue weighted by molar-refractivity contribution is 0.692. The Morgan fingerprint density at radius 1 is 1.47 bits per heavy atom. The molecule has 4 nitrogen and oxygen atoms in total. The van der Waals surface area contributed by atoms with Gasteiger partial charge in [-0.05, 0) is 24.6 Å². The van der Waals surface area contributed by atoms with E-state index in [-0.39, 0.29) is 5.56 Å². The molecule has 0 bridgehead atoms. The van der Waals surface area contributed by atoms with Crippen molar-refractivity contribution in [1.29, 1.82) is 0 Å². The monoisotopic (exact) mass is 207 g/mol. The summed E-state index contributed by atoms with van der Waals surface area (Å²) in [5, 5.41) is 3.33. The average Bonchev–Trinajstić information content (AvgIpc) is 2.48. The average molecular weight is 207 g/mol. The van der Waals surface area contributed by atoms with Gasteiger partial charge in [0.15, 0.2) is 0 Å². The zero-order valence-electron chi connectivity index (χ0n) is 9.05. The van der Waals surface area contributed by atoms with Crippen molar-refractivity contribution in [2.75, 3.05) is 13.1 Å². The number of rotatable bonds is 1.